The Kier molecular flexibility index (Phi) is 7.63. The van der Waals surface area contributed by atoms with Crippen LogP contribution in [-0.4, -0.2) is 40.6 Å². The summed E-state index contributed by atoms with van der Waals surface area (Å²) in [6, 6.07) is 6.14. The SMILES string of the molecule is Cl.NC1CCCCC1C1(O)CN(C(=O)c2ccc(F)c(F)c2Nc2ccc(I)cc2F)C1. The Morgan fingerprint density at radius 3 is 2.47 bits per heavy atom. The fourth-order valence-electron chi connectivity index (χ4n) is 4.57. The fourth-order valence-corrected chi connectivity index (χ4v) is 5.02. The molecular weight excluding hydrogens is 558 g/mol. The van der Waals surface area contributed by atoms with Gasteiger partial charge in [-0.2, -0.15) is 0 Å². The molecule has 4 N–H and O–H groups in total. The lowest BCUT2D eigenvalue weighted by atomic mass is 9.70. The molecule has 1 aliphatic carbocycles. The van der Waals surface area contributed by atoms with Gasteiger partial charge in [-0.05, 0) is 65.8 Å². The number of amides is 1. The molecule has 1 saturated carbocycles. The second-order valence-corrected chi connectivity index (χ2v) is 9.60. The molecule has 2 aliphatic rings. The number of rotatable bonds is 4. The highest BCUT2D eigenvalue weighted by Crippen LogP contribution is 2.39. The Morgan fingerprint density at radius 1 is 1.12 bits per heavy atom. The van der Waals surface area contributed by atoms with Crippen LogP contribution in [0.1, 0.15) is 36.0 Å². The summed E-state index contributed by atoms with van der Waals surface area (Å²) in [6.45, 7) is 0.140. The fraction of sp³-hybridized carbons (Fsp3) is 0.409. The van der Waals surface area contributed by atoms with E-state index in [9.17, 15) is 23.1 Å². The van der Waals surface area contributed by atoms with Crippen molar-refractivity contribution >= 4 is 52.3 Å². The molecule has 2 aromatic rings. The van der Waals surface area contributed by atoms with Gasteiger partial charge in [-0.15, -0.1) is 12.4 Å². The summed E-state index contributed by atoms with van der Waals surface area (Å²) in [7, 11) is 0. The van der Waals surface area contributed by atoms with Crippen molar-refractivity contribution < 1.29 is 23.1 Å². The predicted molar refractivity (Wildman–Crippen MR) is 127 cm³/mol. The second-order valence-electron chi connectivity index (χ2n) is 8.35. The van der Waals surface area contributed by atoms with Crippen molar-refractivity contribution in [3.05, 3.63) is 56.9 Å². The number of nitrogens with two attached hydrogens (primary N) is 1. The molecule has 2 atom stereocenters. The molecule has 1 saturated heterocycles. The third kappa shape index (κ3) is 4.71. The van der Waals surface area contributed by atoms with Crippen LogP contribution in [0, 0.1) is 26.9 Å². The minimum atomic E-state index is -1.27. The quantitative estimate of drug-likeness (QED) is 0.462. The molecule has 1 amide bonds. The molecule has 2 aromatic carbocycles. The number of benzene rings is 2. The van der Waals surface area contributed by atoms with E-state index in [2.05, 4.69) is 5.32 Å². The average molecular weight is 582 g/mol. The summed E-state index contributed by atoms with van der Waals surface area (Å²) in [5.74, 6) is -3.75. The molecule has 1 aliphatic heterocycles. The minimum Gasteiger partial charge on any atom is -0.386 e. The first-order chi connectivity index (χ1) is 14.7. The largest absolute Gasteiger partial charge is 0.386 e. The van der Waals surface area contributed by atoms with Crippen molar-refractivity contribution in [2.75, 3.05) is 18.4 Å². The third-order valence-electron chi connectivity index (χ3n) is 6.24. The van der Waals surface area contributed by atoms with E-state index < -0.39 is 34.6 Å². The molecule has 4 rings (SSSR count). The Bertz CT molecular complexity index is 1020. The molecule has 32 heavy (non-hydrogen) atoms. The summed E-state index contributed by atoms with van der Waals surface area (Å²) in [4.78, 5) is 14.4. The van der Waals surface area contributed by atoms with Gasteiger partial charge in [0.1, 0.15) is 11.4 Å². The first kappa shape index (κ1) is 25.1. The standard InChI is InChI=1S/C22H23F3IN3O2.ClH/c23-15-7-6-13(20(19(15)25)28-18-8-5-12(26)9-16(18)24)21(30)29-10-22(31,11-29)14-3-1-2-4-17(14)27;/h5-9,14,17,28,31H,1-4,10-11,27H2;1H. The molecule has 1 heterocycles. The average Bonchev–Trinajstić information content (AvgIpc) is 2.71. The molecule has 5 nitrogen and oxygen atoms in total. The van der Waals surface area contributed by atoms with E-state index in [-0.39, 0.29) is 48.7 Å². The number of β-amino-alcohol motifs (C(OH)–C–C–N with tert-alkyl or cyclic N) is 1. The summed E-state index contributed by atoms with van der Waals surface area (Å²) in [6.07, 6.45) is 3.63. The second kappa shape index (κ2) is 9.74. The van der Waals surface area contributed by atoms with Crippen LogP contribution in [0.4, 0.5) is 24.5 Å². The number of nitrogens with one attached hydrogen (secondary N) is 1. The van der Waals surface area contributed by atoms with Gasteiger partial charge in [0, 0.05) is 15.5 Å². The van der Waals surface area contributed by atoms with Crippen molar-refractivity contribution in [3.63, 3.8) is 0 Å². The van der Waals surface area contributed by atoms with Gasteiger partial charge in [-0.1, -0.05) is 12.8 Å². The van der Waals surface area contributed by atoms with Gasteiger partial charge in [0.25, 0.3) is 5.91 Å². The first-order valence-corrected chi connectivity index (χ1v) is 11.2. The van der Waals surface area contributed by atoms with Gasteiger partial charge in [0.2, 0.25) is 0 Å². The number of likely N-dealkylation sites (tertiary alicyclic amines) is 1. The van der Waals surface area contributed by atoms with Gasteiger partial charge < -0.3 is 21.1 Å². The molecule has 2 fully saturated rings. The van der Waals surface area contributed by atoms with Crippen LogP contribution in [-0.2, 0) is 0 Å². The van der Waals surface area contributed by atoms with E-state index in [1.54, 1.807) is 6.07 Å². The number of halogens is 5. The maximum atomic E-state index is 14.6. The third-order valence-corrected chi connectivity index (χ3v) is 6.91. The number of carbonyl (C=O) groups is 1. The molecule has 0 bridgehead atoms. The monoisotopic (exact) mass is 581 g/mol. The first-order valence-electron chi connectivity index (χ1n) is 10.2. The van der Waals surface area contributed by atoms with Gasteiger partial charge in [0.15, 0.2) is 11.6 Å². The number of hydrogen-bond acceptors (Lipinski definition) is 4. The van der Waals surface area contributed by atoms with Crippen LogP contribution >= 0.6 is 35.0 Å². The van der Waals surface area contributed by atoms with Crippen LogP contribution in [0.3, 0.4) is 0 Å². The normalized spacial score (nSPS) is 22.0. The highest BCUT2D eigenvalue weighted by Gasteiger charge is 2.51. The van der Waals surface area contributed by atoms with E-state index in [0.29, 0.717) is 3.57 Å². The predicted octanol–water partition coefficient (Wildman–Crippen LogP) is 4.58. The van der Waals surface area contributed by atoms with E-state index >= 15 is 0 Å². The molecule has 10 heteroatoms. The lowest BCUT2D eigenvalue weighted by molar-refractivity contribution is -0.131. The van der Waals surface area contributed by atoms with Crippen LogP contribution < -0.4 is 11.1 Å². The molecule has 2 unspecified atom stereocenters. The zero-order valence-corrected chi connectivity index (χ0v) is 20.1. The minimum absolute atomic E-state index is 0. The molecule has 174 valence electrons. The molecule has 0 aromatic heterocycles. The lowest BCUT2D eigenvalue weighted by Crippen LogP contribution is -2.69. The summed E-state index contributed by atoms with van der Waals surface area (Å²) >= 11 is 1.93. The van der Waals surface area contributed by atoms with Crippen LogP contribution in [0.25, 0.3) is 0 Å². The maximum Gasteiger partial charge on any atom is 0.256 e. The van der Waals surface area contributed by atoms with E-state index in [1.165, 1.54) is 17.0 Å². The number of aliphatic hydroxyl groups is 1. The Labute approximate surface area is 204 Å². The lowest BCUT2D eigenvalue weighted by Gasteiger charge is -2.53. The van der Waals surface area contributed by atoms with Crippen molar-refractivity contribution in [1.82, 2.24) is 4.90 Å². The van der Waals surface area contributed by atoms with Crippen LogP contribution in [0.2, 0.25) is 0 Å². The highest BCUT2D eigenvalue weighted by atomic mass is 127. The van der Waals surface area contributed by atoms with E-state index in [4.69, 9.17) is 5.73 Å². The van der Waals surface area contributed by atoms with Crippen LogP contribution in [0.5, 0.6) is 0 Å². The van der Waals surface area contributed by atoms with Crippen molar-refractivity contribution in [3.8, 4) is 0 Å². The Balaban J connectivity index is 0.00000289. The van der Waals surface area contributed by atoms with E-state index in [0.717, 1.165) is 37.8 Å². The maximum absolute atomic E-state index is 14.6. The summed E-state index contributed by atoms with van der Waals surface area (Å²) in [5.41, 5.74) is 4.45. The Morgan fingerprint density at radius 2 is 1.81 bits per heavy atom. The summed E-state index contributed by atoms with van der Waals surface area (Å²) < 4.78 is 43.4. The van der Waals surface area contributed by atoms with Gasteiger partial charge in [-0.25, -0.2) is 13.2 Å². The smallest absolute Gasteiger partial charge is 0.256 e. The highest BCUT2D eigenvalue weighted by molar-refractivity contribution is 14.1. The van der Waals surface area contributed by atoms with Gasteiger partial charge in [-0.3, -0.25) is 4.79 Å². The van der Waals surface area contributed by atoms with Crippen molar-refractivity contribution in [1.29, 1.82) is 0 Å². The number of nitrogens with zero attached hydrogens (tertiary/aromatic N) is 1. The molecule has 0 spiro atoms. The van der Waals surface area contributed by atoms with E-state index in [1.807, 2.05) is 22.6 Å². The number of anilines is 2. The van der Waals surface area contributed by atoms with Crippen LogP contribution in [0.15, 0.2) is 30.3 Å². The van der Waals surface area contributed by atoms with Gasteiger partial charge >= 0.3 is 0 Å². The molecular formula is C22H24ClF3IN3O2. The number of hydrogen-bond donors (Lipinski definition) is 3. The molecule has 0 radical (unpaired) electrons. The van der Waals surface area contributed by atoms with Crippen molar-refractivity contribution in [2.24, 2.45) is 11.7 Å². The summed E-state index contributed by atoms with van der Waals surface area (Å²) in [5, 5.41) is 13.5. The van der Waals surface area contributed by atoms with Gasteiger partial charge in [0.05, 0.1) is 30.0 Å². The zero-order valence-electron chi connectivity index (χ0n) is 17.1. The topological polar surface area (TPSA) is 78.6 Å². The zero-order chi connectivity index (χ0) is 22.3. The Hall–Kier alpha value is -1.56. The van der Waals surface area contributed by atoms with Crippen molar-refractivity contribution in [2.45, 2.75) is 37.3 Å². The number of carbonyl (C=O) groups excluding carboxylic acids is 1.